The average Bonchev–Trinajstić information content (AvgIpc) is 3.84. The summed E-state index contributed by atoms with van der Waals surface area (Å²) in [5, 5.41) is 18.5. The Morgan fingerprint density at radius 3 is 1.67 bits per heavy atom. The van der Waals surface area contributed by atoms with Crippen LogP contribution in [0, 0.1) is 45.9 Å². The normalized spacial score (nSPS) is 10.5. The number of nitrogens with zero attached hydrogens (tertiary/aromatic N) is 8. The lowest BCUT2D eigenvalue weighted by Crippen LogP contribution is -1.96. The number of imidazole rings is 2. The van der Waals surface area contributed by atoms with Gasteiger partial charge in [-0.05, 0) is 60.7 Å². The molecule has 8 rings (SSSR count). The number of hydrogen-bond acceptors (Lipinski definition) is 8. The molecule has 0 amide bonds. The Labute approximate surface area is 311 Å². The van der Waals surface area contributed by atoms with Gasteiger partial charge in [-0.1, -0.05) is 19.6 Å². The lowest BCUT2D eigenvalue weighted by atomic mass is 9.97. The van der Waals surface area contributed by atoms with Crippen LogP contribution in [-0.4, -0.2) is 43.0 Å². The number of nitriles is 2. The van der Waals surface area contributed by atoms with Gasteiger partial charge in [-0.25, -0.2) is 37.5 Å². The lowest BCUT2D eigenvalue weighted by molar-refractivity contribution is 0.400. The molecule has 0 bridgehead atoms. The molecule has 0 saturated heterocycles. The number of rotatable bonds is 6. The van der Waals surface area contributed by atoms with Crippen LogP contribution in [0.25, 0.3) is 56.1 Å². The van der Waals surface area contributed by atoms with E-state index in [9.17, 15) is 28.1 Å². The number of ether oxygens (including phenoxy) is 2. The number of methoxy groups -OCH3 is 2. The summed E-state index contributed by atoms with van der Waals surface area (Å²) in [6.45, 7) is 0. The molecule has 4 heterocycles. The van der Waals surface area contributed by atoms with Crippen molar-refractivity contribution in [1.29, 1.82) is 10.5 Å². The van der Waals surface area contributed by atoms with Crippen molar-refractivity contribution in [3.05, 3.63) is 144 Å². The highest BCUT2D eigenvalue weighted by atomic mass is 19.1. The SMILES string of the molecule is C.COc1nccn2c(-c3ccc(F)c(-c4c(F)cccc4C#N)c3)cnc12.COc1nccn2c(-c3ccc(F)c(-c4ccc(F)cc4C#N)c3)cnc12. The van der Waals surface area contributed by atoms with E-state index < -0.39 is 23.3 Å². The summed E-state index contributed by atoms with van der Waals surface area (Å²) >= 11 is 0. The Balaban J connectivity index is 0.000000184. The van der Waals surface area contributed by atoms with Crippen molar-refractivity contribution in [2.45, 2.75) is 7.43 Å². The van der Waals surface area contributed by atoms with Crippen molar-refractivity contribution in [2.75, 3.05) is 14.2 Å². The van der Waals surface area contributed by atoms with E-state index in [1.54, 1.807) is 64.2 Å². The quantitative estimate of drug-likeness (QED) is 0.155. The summed E-state index contributed by atoms with van der Waals surface area (Å²) in [6.07, 6.45) is 9.80. The molecule has 55 heavy (non-hydrogen) atoms. The van der Waals surface area contributed by atoms with Crippen LogP contribution in [0.2, 0.25) is 0 Å². The van der Waals surface area contributed by atoms with E-state index in [4.69, 9.17) is 9.47 Å². The maximum absolute atomic E-state index is 14.5. The summed E-state index contributed by atoms with van der Waals surface area (Å²) in [7, 11) is 3.00. The largest absolute Gasteiger partial charge is 0.478 e. The van der Waals surface area contributed by atoms with Crippen molar-refractivity contribution >= 4 is 11.3 Å². The highest BCUT2D eigenvalue weighted by molar-refractivity contribution is 5.78. The molecule has 4 aromatic carbocycles. The lowest BCUT2D eigenvalue weighted by Gasteiger charge is -2.10. The van der Waals surface area contributed by atoms with Gasteiger partial charge in [-0.3, -0.25) is 8.80 Å². The van der Waals surface area contributed by atoms with Gasteiger partial charge in [-0.15, -0.1) is 0 Å². The van der Waals surface area contributed by atoms with Crippen molar-refractivity contribution in [3.8, 4) is 68.7 Å². The summed E-state index contributed by atoms with van der Waals surface area (Å²) in [4.78, 5) is 16.8. The number of fused-ring (bicyclic) bond motifs is 2. The van der Waals surface area contributed by atoms with Gasteiger partial charge in [-0.2, -0.15) is 10.5 Å². The Morgan fingerprint density at radius 1 is 0.582 bits per heavy atom. The van der Waals surface area contributed by atoms with Crippen LogP contribution in [0.4, 0.5) is 17.6 Å². The molecule has 0 N–H and O–H groups in total. The average molecular weight is 741 g/mol. The molecule has 14 heteroatoms. The van der Waals surface area contributed by atoms with E-state index in [0.29, 0.717) is 51.1 Å². The predicted molar refractivity (Wildman–Crippen MR) is 197 cm³/mol. The minimum Gasteiger partial charge on any atom is -0.478 e. The van der Waals surface area contributed by atoms with Crippen LogP contribution in [-0.2, 0) is 0 Å². The van der Waals surface area contributed by atoms with E-state index >= 15 is 0 Å². The summed E-state index contributed by atoms with van der Waals surface area (Å²) in [5.41, 5.74) is 4.29. The molecule has 4 aromatic heterocycles. The zero-order valence-corrected chi connectivity index (χ0v) is 28.3. The van der Waals surface area contributed by atoms with Crippen LogP contribution < -0.4 is 9.47 Å². The zero-order valence-electron chi connectivity index (χ0n) is 28.3. The Morgan fingerprint density at radius 2 is 1.13 bits per heavy atom. The predicted octanol–water partition coefficient (Wildman–Crippen LogP) is 9.08. The zero-order chi connectivity index (χ0) is 37.9. The van der Waals surface area contributed by atoms with Crippen molar-refractivity contribution < 1.29 is 27.0 Å². The molecular weight excluding hydrogens is 712 g/mol. The molecular formula is C41H28F4N8O2. The van der Waals surface area contributed by atoms with Crippen LogP contribution in [0.3, 0.4) is 0 Å². The maximum atomic E-state index is 14.5. The standard InChI is InChI=1S/2C20H12F2N4O.CH4/c1-27-20-19-25-11-18(26(19)7-6-24-20)12-2-5-17(22)16(9-12)15-4-3-14(21)8-13(15)10-23;1-27-20-19-25-11-17(26(19)8-7-24-20)12-5-6-15(21)14(9-12)18-13(10-23)3-2-4-16(18)22;/h2*2-9,11H,1H3;1H4. The van der Waals surface area contributed by atoms with E-state index in [-0.39, 0.29) is 35.2 Å². The number of hydrogen-bond donors (Lipinski definition) is 0. The molecule has 0 spiro atoms. The van der Waals surface area contributed by atoms with Crippen molar-refractivity contribution in [2.24, 2.45) is 0 Å². The molecule has 272 valence electrons. The molecule has 10 nitrogen and oxygen atoms in total. The second-order valence-corrected chi connectivity index (χ2v) is 11.5. The molecule has 0 atom stereocenters. The molecule has 0 fully saturated rings. The molecule has 0 aliphatic heterocycles. The van der Waals surface area contributed by atoms with Gasteiger partial charge in [0.05, 0.1) is 61.3 Å². The summed E-state index contributed by atoms with van der Waals surface area (Å²) < 4.78 is 70.7. The van der Waals surface area contributed by atoms with E-state index in [0.717, 1.165) is 6.07 Å². The second kappa shape index (κ2) is 15.6. The third-order valence-electron chi connectivity index (χ3n) is 8.50. The fourth-order valence-corrected chi connectivity index (χ4v) is 6.01. The second-order valence-electron chi connectivity index (χ2n) is 11.5. The Kier molecular flexibility index (Phi) is 10.5. The van der Waals surface area contributed by atoms with Gasteiger partial charge in [0.1, 0.15) is 23.3 Å². The van der Waals surface area contributed by atoms with Crippen LogP contribution in [0.15, 0.2) is 110 Å². The first kappa shape index (κ1) is 37.2. The van der Waals surface area contributed by atoms with E-state index in [1.165, 1.54) is 62.8 Å². The van der Waals surface area contributed by atoms with Crippen molar-refractivity contribution in [3.63, 3.8) is 0 Å². The van der Waals surface area contributed by atoms with Gasteiger partial charge < -0.3 is 9.47 Å². The number of halogens is 4. The third kappa shape index (κ3) is 6.88. The van der Waals surface area contributed by atoms with Gasteiger partial charge in [0.15, 0.2) is 0 Å². The molecule has 8 aromatic rings. The van der Waals surface area contributed by atoms with Crippen LogP contribution in [0.5, 0.6) is 11.8 Å². The topological polar surface area (TPSA) is 126 Å². The molecule has 0 aliphatic rings. The maximum Gasteiger partial charge on any atom is 0.258 e. The molecule has 0 unspecified atom stereocenters. The summed E-state index contributed by atoms with van der Waals surface area (Å²) in [6, 6.07) is 20.5. The van der Waals surface area contributed by atoms with Gasteiger partial charge >= 0.3 is 0 Å². The molecule has 0 radical (unpaired) electrons. The first-order valence-corrected chi connectivity index (χ1v) is 16.0. The Hall–Kier alpha value is -7.58. The highest BCUT2D eigenvalue weighted by Gasteiger charge is 2.19. The van der Waals surface area contributed by atoms with E-state index in [1.807, 2.05) is 12.1 Å². The minimum atomic E-state index is -0.658. The minimum absolute atomic E-state index is 0. The molecule has 0 aliphatic carbocycles. The smallest absolute Gasteiger partial charge is 0.258 e. The fourth-order valence-electron chi connectivity index (χ4n) is 6.01. The first-order chi connectivity index (χ1) is 26.3. The highest BCUT2D eigenvalue weighted by Crippen LogP contribution is 2.35. The number of benzene rings is 4. The molecule has 0 saturated carbocycles. The van der Waals surface area contributed by atoms with Crippen LogP contribution in [0.1, 0.15) is 18.6 Å². The Bertz CT molecular complexity index is 2790. The number of aromatic nitrogens is 6. The summed E-state index contributed by atoms with van der Waals surface area (Å²) in [5.74, 6) is -1.60. The van der Waals surface area contributed by atoms with Gasteiger partial charge in [0, 0.05) is 58.2 Å². The van der Waals surface area contributed by atoms with Gasteiger partial charge in [0.25, 0.3) is 11.8 Å². The third-order valence-corrected chi connectivity index (χ3v) is 8.50. The van der Waals surface area contributed by atoms with Crippen LogP contribution >= 0.6 is 0 Å². The monoisotopic (exact) mass is 740 g/mol. The van der Waals surface area contributed by atoms with E-state index in [2.05, 4.69) is 19.9 Å². The fraction of sp³-hybridized carbons (Fsp3) is 0.0732. The first-order valence-electron chi connectivity index (χ1n) is 16.0. The van der Waals surface area contributed by atoms with Gasteiger partial charge in [0.2, 0.25) is 11.3 Å². The van der Waals surface area contributed by atoms with Crippen molar-refractivity contribution in [1.82, 2.24) is 28.7 Å².